The molecule has 0 atom stereocenters. The number of aromatic nitrogens is 2. The summed E-state index contributed by atoms with van der Waals surface area (Å²) in [6, 6.07) is 7.98. The van der Waals surface area contributed by atoms with Crippen molar-refractivity contribution in [2.45, 2.75) is 0 Å². The smallest absolute Gasteiger partial charge is 0.270 e. The normalized spacial score (nSPS) is 11.6. The minimum Gasteiger partial charge on any atom is -0.333 e. The molecule has 22 heavy (non-hydrogen) atoms. The minimum absolute atomic E-state index is 0.0114. The molecule has 0 radical (unpaired) electrons. The van der Waals surface area contributed by atoms with E-state index in [1.54, 1.807) is 18.2 Å². The van der Waals surface area contributed by atoms with Crippen LogP contribution in [0.25, 0.3) is 22.5 Å². The van der Waals surface area contributed by atoms with Crippen molar-refractivity contribution < 1.29 is 9.45 Å². The number of thiophene rings is 1. The van der Waals surface area contributed by atoms with Crippen molar-refractivity contribution in [2.24, 2.45) is 0 Å². The van der Waals surface area contributed by atoms with Crippen LogP contribution in [-0.2, 0) is 0 Å². The fourth-order valence-corrected chi connectivity index (χ4v) is 2.60. The SMILES string of the molecule is O=[N+]([O-])c1cccc(/C=C(\Cl)c2nc(-c3ccsc3)no2)c1. The molecule has 0 aliphatic heterocycles. The van der Waals surface area contributed by atoms with Gasteiger partial charge in [0, 0.05) is 23.1 Å². The molecular weight excluding hydrogens is 326 g/mol. The average Bonchev–Trinajstić information content (AvgIpc) is 3.18. The van der Waals surface area contributed by atoms with Crippen LogP contribution in [0.15, 0.2) is 45.6 Å². The van der Waals surface area contributed by atoms with Crippen molar-refractivity contribution in [1.82, 2.24) is 10.1 Å². The van der Waals surface area contributed by atoms with Crippen LogP contribution >= 0.6 is 22.9 Å². The number of non-ortho nitro benzene ring substituents is 1. The Balaban J connectivity index is 1.89. The summed E-state index contributed by atoms with van der Waals surface area (Å²) < 4.78 is 5.11. The van der Waals surface area contributed by atoms with Crippen LogP contribution in [-0.4, -0.2) is 15.1 Å². The average molecular weight is 334 g/mol. The Labute approximate surface area is 133 Å². The Hall–Kier alpha value is -2.51. The Bertz CT molecular complexity index is 843. The number of halogens is 1. The highest BCUT2D eigenvalue weighted by Crippen LogP contribution is 2.25. The molecule has 0 unspecified atom stereocenters. The second-order valence-electron chi connectivity index (χ2n) is 4.28. The van der Waals surface area contributed by atoms with E-state index in [1.807, 2.05) is 16.8 Å². The van der Waals surface area contributed by atoms with E-state index in [0.717, 1.165) is 5.56 Å². The zero-order valence-corrected chi connectivity index (χ0v) is 12.5. The van der Waals surface area contributed by atoms with Crippen molar-refractivity contribution in [2.75, 3.05) is 0 Å². The minimum atomic E-state index is -0.466. The Morgan fingerprint density at radius 2 is 2.27 bits per heavy atom. The van der Waals surface area contributed by atoms with Crippen LogP contribution in [0.2, 0.25) is 0 Å². The van der Waals surface area contributed by atoms with Crippen LogP contribution < -0.4 is 0 Å². The predicted molar refractivity (Wildman–Crippen MR) is 84.4 cm³/mol. The summed E-state index contributed by atoms with van der Waals surface area (Å²) in [5, 5.41) is 18.6. The maximum absolute atomic E-state index is 10.8. The Kier molecular flexibility index (Phi) is 3.99. The van der Waals surface area contributed by atoms with E-state index >= 15 is 0 Å². The molecule has 0 saturated heterocycles. The molecule has 2 aromatic heterocycles. The van der Waals surface area contributed by atoms with Crippen LogP contribution in [0.4, 0.5) is 5.69 Å². The molecule has 0 spiro atoms. The molecule has 1 aromatic carbocycles. The third kappa shape index (κ3) is 3.05. The van der Waals surface area contributed by atoms with E-state index < -0.39 is 4.92 Å². The molecule has 2 heterocycles. The van der Waals surface area contributed by atoms with Gasteiger partial charge in [-0.1, -0.05) is 28.9 Å². The number of rotatable bonds is 4. The van der Waals surface area contributed by atoms with Gasteiger partial charge in [-0.3, -0.25) is 10.1 Å². The number of nitro benzene ring substituents is 1. The second-order valence-corrected chi connectivity index (χ2v) is 5.47. The fraction of sp³-hybridized carbons (Fsp3) is 0. The molecule has 3 rings (SSSR count). The molecule has 8 heteroatoms. The highest BCUT2D eigenvalue weighted by Gasteiger charge is 2.12. The predicted octanol–water partition coefficient (Wildman–Crippen LogP) is 4.44. The van der Waals surface area contributed by atoms with Crippen molar-refractivity contribution in [3.8, 4) is 11.4 Å². The first-order valence-electron chi connectivity index (χ1n) is 6.12. The van der Waals surface area contributed by atoms with Crippen molar-refractivity contribution in [3.05, 3.63) is 62.7 Å². The van der Waals surface area contributed by atoms with Gasteiger partial charge in [-0.05, 0) is 23.1 Å². The monoisotopic (exact) mass is 333 g/mol. The molecule has 0 aliphatic carbocycles. The summed E-state index contributed by atoms with van der Waals surface area (Å²) >= 11 is 7.67. The highest BCUT2D eigenvalue weighted by atomic mass is 35.5. The molecule has 110 valence electrons. The summed E-state index contributed by atoms with van der Waals surface area (Å²) in [6.07, 6.45) is 1.54. The molecule has 0 amide bonds. The van der Waals surface area contributed by atoms with Gasteiger partial charge in [-0.15, -0.1) is 0 Å². The molecule has 6 nitrogen and oxygen atoms in total. The number of benzene rings is 1. The van der Waals surface area contributed by atoms with Gasteiger partial charge >= 0.3 is 0 Å². The van der Waals surface area contributed by atoms with Gasteiger partial charge in [0.25, 0.3) is 11.6 Å². The van der Waals surface area contributed by atoms with Gasteiger partial charge in [0.1, 0.15) is 5.03 Å². The number of hydrogen-bond acceptors (Lipinski definition) is 6. The summed E-state index contributed by atoms with van der Waals surface area (Å²) in [6.45, 7) is 0. The van der Waals surface area contributed by atoms with Crippen LogP contribution in [0.3, 0.4) is 0 Å². The second kappa shape index (κ2) is 6.08. The third-order valence-electron chi connectivity index (χ3n) is 2.78. The highest BCUT2D eigenvalue weighted by molar-refractivity contribution is 7.08. The first-order chi connectivity index (χ1) is 10.6. The fourth-order valence-electron chi connectivity index (χ4n) is 1.77. The van der Waals surface area contributed by atoms with Gasteiger partial charge in [0.15, 0.2) is 0 Å². The number of nitrogens with zero attached hydrogens (tertiary/aromatic N) is 3. The first-order valence-corrected chi connectivity index (χ1v) is 7.44. The van der Waals surface area contributed by atoms with E-state index in [-0.39, 0.29) is 16.6 Å². The summed E-state index contributed by atoms with van der Waals surface area (Å²) in [4.78, 5) is 14.5. The lowest BCUT2D eigenvalue weighted by Gasteiger charge is -1.95. The van der Waals surface area contributed by atoms with Crippen LogP contribution in [0, 0.1) is 10.1 Å². The Morgan fingerprint density at radius 1 is 1.41 bits per heavy atom. The zero-order chi connectivity index (χ0) is 15.5. The molecule has 0 saturated carbocycles. The van der Waals surface area contributed by atoms with Crippen molar-refractivity contribution in [1.29, 1.82) is 0 Å². The molecule has 3 aromatic rings. The topological polar surface area (TPSA) is 82.1 Å². The maximum Gasteiger partial charge on any atom is 0.270 e. The molecule has 0 bridgehead atoms. The number of hydrogen-bond donors (Lipinski definition) is 0. The van der Waals surface area contributed by atoms with Crippen LogP contribution in [0.5, 0.6) is 0 Å². The van der Waals surface area contributed by atoms with Crippen molar-refractivity contribution in [3.63, 3.8) is 0 Å². The standard InChI is InChI=1S/C14H8ClN3O3S/c15-12(7-9-2-1-3-11(6-9)18(19)20)14-16-13(17-21-14)10-4-5-22-8-10/h1-8H/b12-7-. The lowest BCUT2D eigenvalue weighted by molar-refractivity contribution is -0.384. The largest absolute Gasteiger partial charge is 0.333 e. The zero-order valence-electron chi connectivity index (χ0n) is 11.0. The Morgan fingerprint density at radius 3 is 3.00 bits per heavy atom. The summed E-state index contributed by atoms with van der Waals surface area (Å²) in [5.74, 6) is 0.608. The lowest BCUT2D eigenvalue weighted by Crippen LogP contribution is -1.87. The molecule has 0 N–H and O–H groups in total. The van der Waals surface area contributed by atoms with Gasteiger partial charge in [0.2, 0.25) is 5.82 Å². The van der Waals surface area contributed by atoms with E-state index in [1.165, 1.54) is 23.5 Å². The van der Waals surface area contributed by atoms with Gasteiger partial charge in [-0.2, -0.15) is 16.3 Å². The summed E-state index contributed by atoms with van der Waals surface area (Å²) in [7, 11) is 0. The molecular formula is C14H8ClN3O3S. The maximum atomic E-state index is 10.8. The quantitative estimate of drug-likeness (QED) is 0.520. The van der Waals surface area contributed by atoms with Gasteiger partial charge < -0.3 is 4.52 Å². The number of nitro groups is 1. The van der Waals surface area contributed by atoms with Gasteiger partial charge in [-0.25, -0.2) is 0 Å². The van der Waals surface area contributed by atoms with Gasteiger partial charge in [0.05, 0.1) is 4.92 Å². The third-order valence-corrected chi connectivity index (χ3v) is 3.74. The van der Waals surface area contributed by atoms with E-state index in [0.29, 0.717) is 11.4 Å². The first kappa shape index (κ1) is 14.4. The summed E-state index contributed by atoms with van der Waals surface area (Å²) in [5.41, 5.74) is 1.41. The van der Waals surface area contributed by atoms with Crippen molar-refractivity contribution >= 4 is 39.7 Å². The van der Waals surface area contributed by atoms with E-state index in [9.17, 15) is 10.1 Å². The van der Waals surface area contributed by atoms with E-state index in [4.69, 9.17) is 16.1 Å². The molecule has 0 aliphatic rings. The van der Waals surface area contributed by atoms with E-state index in [2.05, 4.69) is 10.1 Å². The lowest BCUT2D eigenvalue weighted by atomic mass is 10.2. The molecule has 0 fully saturated rings. The van der Waals surface area contributed by atoms with Crippen LogP contribution in [0.1, 0.15) is 11.5 Å².